The fourth-order valence-electron chi connectivity index (χ4n) is 2.70. The van der Waals surface area contributed by atoms with Crippen LogP contribution in [0, 0.1) is 0 Å². The molecule has 3 aromatic rings. The maximum atomic E-state index is 11.0. The molecule has 1 unspecified atom stereocenters. The summed E-state index contributed by atoms with van der Waals surface area (Å²) in [4.78, 5) is 11.0. The number of aromatic nitrogens is 4. The lowest BCUT2D eigenvalue weighted by Gasteiger charge is -2.23. The third kappa shape index (κ3) is 2.41. The number of rotatable bonds is 3. The van der Waals surface area contributed by atoms with E-state index in [1.807, 2.05) is 36.4 Å². The molecular formula is C17H13N5O2. The monoisotopic (exact) mass is 319 g/mol. The van der Waals surface area contributed by atoms with Crippen LogP contribution in [-0.2, 0) is 0 Å². The SMILES string of the molecule is O=C(O)c1ccc(C2C=C(c3ccccc3)Nc3nnnn32)cc1. The highest BCUT2D eigenvalue weighted by molar-refractivity contribution is 5.87. The van der Waals surface area contributed by atoms with E-state index in [2.05, 4.69) is 20.8 Å². The summed E-state index contributed by atoms with van der Waals surface area (Å²) in [6, 6.07) is 16.4. The second-order valence-corrected chi connectivity index (χ2v) is 5.39. The van der Waals surface area contributed by atoms with Gasteiger partial charge in [0, 0.05) is 5.70 Å². The summed E-state index contributed by atoms with van der Waals surface area (Å²) in [6.45, 7) is 0. The normalized spacial score (nSPS) is 16.0. The summed E-state index contributed by atoms with van der Waals surface area (Å²) in [5.41, 5.74) is 3.09. The number of nitrogens with one attached hydrogen (secondary N) is 1. The lowest BCUT2D eigenvalue weighted by molar-refractivity contribution is 0.0697. The molecule has 0 aliphatic carbocycles. The van der Waals surface area contributed by atoms with Crippen molar-refractivity contribution in [1.82, 2.24) is 20.2 Å². The highest BCUT2D eigenvalue weighted by Crippen LogP contribution is 2.31. The van der Waals surface area contributed by atoms with E-state index >= 15 is 0 Å². The van der Waals surface area contributed by atoms with E-state index in [4.69, 9.17) is 5.11 Å². The fourth-order valence-corrected chi connectivity index (χ4v) is 2.70. The maximum absolute atomic E-state index is 11.0. The number of fused-ring (bicyclic) bond motifs is 1. The van der Waals surface area contributed by atoms with Crippen LogP contribution < -0.4 is 5.32 Å². The van der Waals surface area contributed by atoms with Crippen LogP contribution in [0.1, 0.15) is 27.5 Å². The zero-order valence-electron chi connectivity index (χ0n) is 12.5. The Balaban J connectivity index is 1.78. The van der Waals surface area contributed by atoms with Crippen LogP contribution in [0.15, 0.2) is 60.7 Å². The summed E-state index contributed by atoms with van der Waals surface area (Å²) in [6.07, 6.45) is 2.02. The van der Waals surface area contributed by atoms with Crippen molar-refractivity contribution in [3.05, 3.63) is 77.4 Å². The molecule has 4 rings (SSSR count). The molecule has 118 valence electrons. The van der Waals surface area contributed by atoms with Gasteiger partial charge in [0.2, 0.25) is 5.95 Å². The van der Waals surface area contributed by atoms with E-state index < -0.39 is 5.97 Å². The van der Waals surface area contributed by atoms with Crippen molar-refractivity contribution in [1.29, 1.82) is 0 Å². The smallest absolute Gasteiger partial charge is 0.335 e. The van der Waals surface area contributed by atoms with Crippen LogP contribution in [0.25, 0.3) is 5.70 Å². The molecule has 7 nitrogen and oxygen atoms in total. The van der Waals surface area contributed by atoms with Gasteiger partial charge in [-0.3, -0.25) is 0 Å². The van der Waals surface area contributed by atoms with Crippen molar-refractivity contribution < 1.29 is 9.90 Å². The minimum Gasteiger partial charge on any atom is -0.478 e. The van der Waals surface area contributed by atoms with Crippen molar-refractivity contribution in [2.75, 3.05) is 5.32 Å². The first-order valence-corrected chi connectivity index (χ1v) is 7.38. The average Bonchev–Trinajstić information content (AvgIpc) is 3.10. The number of hydrogen-bond donors (Lipinski definition) is 2. The second kappa shape index (κ2) is 5.62. The topological polar surface area (TPSA) is 92.9 Å². The highest BCUT2D eigenvalue weighted by atomic mass is 16.4. The van der Waals surface area contributed by atoms with E-state index in [0.29, 0.717) is 5.95 Å². The van der Waals surface area contributed by atoms with E-state index in [0.717, 1.165) is 16.8 Å². The summed E-state index contributed by atoms with van der Waals surface area (Å²) in [7, 11) is 0. The Morgan fingerprint density at radius 1 is 1.08 bits per heavy atom. The maximum Gasteiger partial charge on any atom is 0.335 e. The number of nitrogens with zero attached hydrogens (tertiary/aromatic N) is 4. The molecule has 0 amide bonds. The Labute approximate surface area is 137 Å². The minimum absolute atomic E-state index is 0.214. The number of allylic oxidation sites excluding steroid dienone is 1. The van der Waals surface area contributed by atoms with E-state index in [9.17, 15) is 4.79 Å². The number of anilines is 1. The Morgan fingerprint density at radius 3 is 2.54 bits per heavy atom. The molecule has 1 atom stereocenters. The minimum atomic E-state index is -0.949. The Morgan fingerprint density at radius 2 is 1.83 bits per heavy atom. The van der Waals surface area contributed by atoms with Crippen molar-refractivity contribution in [2.24, 2.45) is 0 Å². The quantitative estimate of drug-likeness (QED) is 0.770. The van der Waals surface area contributed by atoms with Crippen LogP contribution >= 0.6 is 0 Å². The molecule has 0 fully saturated rings. The first-order chi connectivity index (χ1) is 11.7. The van der Waals surface area contributed by atoms with Gasteiger partial charge in [0.05, 0.1) is 5.56 Å². The molecule has 0 radical (unpaired) electrons. The van der Waals surface area contributed by atoms with Gasteiger partial charge < -0.3 is 10.4 Å². The number of aromatic carboxylic acids is 1. The van der Waals surface area contributed by atoms with Crippen molar-refractivity contribution in [3.63, 3.8) is 0 Å². The van der Waals surface area contributed by atoms with Crippen LogP contribution in [0.4, 0.5) is 5.95 Å². The standard InChI is InChI=1S/C17H13N5O2/c23-16(24)13-8-6-12(7-9-13)15-10-14(11-4-2-1-3-5-11)18-17-19-20-21-22(15)17/h1-10,15H,(H,23,24)(H,18,19,21). The predicted octanol–water partition coefficient (Wildman–Crippen LogP) is 2.43. The molecule has 2 aromatic carbocycles. The number of hydrogen-bond acceptors (Lipinski definition) is 5. The summed E-state index contributed by atoms with van der Waals surface area (Å²) < 4.78 is 1.67. The number of benzene rings is 2. The van der Waals surface area contributed by atoms with Gasteiger partial charge in [0.25, 0.3) is 0 Å². The van der Waals surface area contributed by atoms with Gasteiger partial charge >= 0.3 is 5.97 Å². The van der Waals surface area contributed by atoms with Crippen molar-refractivity contribution in [3.8, 4) is 0 Å². The Bertz CT molecular complexity index is 916. The summed E-state index contributed by atoms with van der Waals surface area (Å²) in [5.74, 6) is -0.404. The molecule has 1 aromatic heterocycles. The summed E-state index contributed by atoms with van der Waals surface area (Å²) in [5, 5.41) is 24.0. The highest BCUT2D eigenvalue weighted by Gasteiger charge is 2.24. The summed E-state index contributed by atoms with van der Waals surface area (Å²) >= 11 is 0. The molecule has 1 aliphatic rings. The van der Waals surface area contributed by atoms with Crippen molar-refractivity contribution in [2.45, 2.75) is 6.04 Å². The largest absolute Gasteiger partial charge is 0.478 e. The molecular weight excluding hydrogens is 306 g/mol. The zero-order chi connectivity index (χ0) is 16.5. The van der Waals surface area contributed by atoms with Crippen LogP contribution in [-0.4, -0.2) is 31.3 Å². The van der Waals surface area contributed by atoms with Crippen LogP contribution in [0.2, 0.25) is 0 Å². The lowest BCUT2D eigenvalue weighted by atomic mass is 10.0. The van der Waals surface area contributed by atoms with Gasteiger partial charge in [-0.1, -0.05) is 47.6 Å². The molecule has 0 spiro atoms. The van der Waals surface area contributed by atoms with Crippen LogP contribution in [0.3, 0.4) is 0 Å². The molecule has 0 saturated heterocycles. The van der Waals surface area contributed by atoms with E-state index in [1.165, 1.54) is 0 Å². The number of carboxylic acid groups (broad SMARTS) is 1. The zero-order valence-corrected chi connectivity index (χ0v) is 12.5. The Hall–Kier alpha value is -3.48. The Kier molecular flexibility index (Phi) is 3.31. The number of carbonyl (C=O) groups is 1. The fraction of sp³-hybridized carbons (Fsp3) is 0.0588. The molecule has 7 heteroatoms. The lowest BCUT2D eigenvalue weighted by Crippen LogP contribution is -2.20. The number of carboxylic acids is 1. The van der Waals surface area contributed by atoms with E-state index in [-0.39, 0.29) is 11.6 Å². The molecule has 2 heterocycles. The van der Waals surface area contributed by atoms with Gasteiger partial charge in [-0.2, -0.15) is 4.68 Å². The molecule has 1 aliphatic heterocycles. The van der Waals surface area contributed by atoms with Gasteiger partial charge in [-0.05, 0) is 39.8 Å². The van der Waals surface area contributed by atoms with Gasteiger partial charge in [0.1, 0.15) is 6.04 Å². The number of tetrazole rings is 1. The predicted molar refractivity (Wildman–Crippen MR) is 87.4 cm³/mol. The van der Waals surface area contributed by atoms with Crippen LogP contribution in [0.5, 0.6) is 0 Å². The van der Waals surface area contributed by atoms with Crippen molar-refractivity contribution >= 4 is 17.6 Å². The van der Waals surface area contributed by atoms with Gasteiger partial charge in [0.15, 0.2) is 0 Å². The second-order valence-electron chi connectivity index (χ2n) is 5.39. The molecule has 2 N–H and O–H groups in total. The van der Waals surface area contributed by atoms with Gasteiger partial charge in [-0.25, -0.2) is 4.79 Å². The third-order valence-electron chi connectivity index (χ3n) is 3.91. The van der Waals surface area contributed by atoms with Gasteiger partial charge in [-0.15, -0.1) is 0 Å². The average molecular weight is 319 g/mol. The van der Waals surface area contributed by atoms with E-state index in [1.54, 1.807) is 28.9 Å². The molecule has 24 heavy (non-hydrogen) atoms. The first-order valence-electron chi connectivity index (χ1n) is 7.38. The first kappa shape index (κ1) is 14.1. The molecule has 0 saturated carbocycles. The third-order valence-corrected chi connectivity index (χ3v) is 3.91. The molecule has 0 bridgehead atoms.